The van der Waals surface area contributed by atoms with E-state index in [1.807, 2.05) is 0 Å². The molecular weight excluding hydrogens is 233 g/mol. The van der Waals surface area contributed by atoms with Gasteiger partial charge in [-0.2, -0.15) is 13.2 Å². The van der Waals surface area contributed by atoms with Crippen LogP contribution in [0.4, 0.5) is 13.2 Å². The van der Waals surface area contributed by atoms with Crippen LogP contribution in [-0.2, 0) is 4.74 Å². The maximum absolute atomic E-state index is 11.8. The summed E-state index contributed by atoms with van der Waals surface area (Å²) in [5.41, 5.74) is 0. The molecule has 0 aliphatic carbocycles. The minimum atomic E-state index is -4.20. The lowest BCUT2D eigenvalue weighted by Crippen LogP contribution is -2.31. The molecule has 0 radical (unpaired) electrons. The van der Waals surface area contributed by atoms with Gasteiger partial charge >= 0.3 is 6.18 Å². The number of hydrogen-bond donors (Lipinski definition) is 1. The molecule has 0 spiro atoms. The second-order valence-corrected chi connectivity index (χ2v) is 4.89. The molecule has 2 heterocycles. The van der Waals surface area contributed by atoms with E-state index < -0.39 is 12.8 Å². The van der Waals surface area contributed by atoms with E-state index in [9.17, 15) is 13.2 Å². The monoisotopic (exact) mass is 252 g/mol. The van der Waals surface area contributed by atoms with Gasteiger partial charge in [0.2, 0.25) is 0 Å². The molecule has 0 aromatic rings. The quantitative estimate of drug-likeness (QED) is 0.745. The van der Waals surface area contributed by atoms with Crippen LogP contribution in [-0.4, -0.2) is 56.5 Å². The second-order valence-electron chi connectivity index (χ2n) is 4.89. The fourth-order valence-corrected chi connectivity index (χ4v) is 2.70. The Balaban J connectivity index is 1.52. The lowest BCUT2D eigenvalue weighted by Gasteiger charge is -2.16. The Kier molecular flexibility index (Phi) is 4.27. The van der Waals surface area contributed by atoms with Gasteiger partial charge in [0.1, 0.15) is 6.61 Å². The first-order valence-electron chi connectivity index (χ1n) is 6.15. The van der Waals surface area contributed by atoms with Crippen molar-refractivity contribution in [3.05, 3.63) is 0 Å². The number of hydrogen-bond acceptors (Lipinski definition) is 3. The third-order valence-electron chi connectivity index (χ3n) is 3.47. The van der Waals surface area contributed by atoms with Crippen molar-refractivity contribution in [2.24, 2.45) is 5.92 Å². The molecule has 100 valence electrons. The third-order valence-corrected chi connectivity index (χ3v) is 3.47. The summed E-state index contributed by atoms with van der Waals surface area (Å²) in [6, 6.07) is 0.603. The van der Waals surface area contributed by atoms with Crippen molar-refractivity contribution < 1.29 is 17.9 Å². The summed E-state index contributed by atoms with van der Waals surface area (Å²) in [7, 11) is 0. The standard InChI is InChI=1S/C11H19F3N2O/c12-11(13,14)8-17-5-1-4-16-6-9-2-3-15-10(9)7-16/h9-10,15H,1-8H2/t9-,10+/m0/s1. The summed E-state index contributed by atoms with van der Waals surface area (Å²) < 4.78 is 40.0. The van der Waals surface area contributed by atoms with Crippen molar-refractivity contribution in [2.75, 3.05) is 39.4 Å². The fraction of sp³-hybridized carbons (Fsp3) is 1.00. The van der Waals surface area contributed by atoms with E-state index in [2.05, 4.69) is 15.0 Å². The highest BCUT2D eigenvalue weighted by molar-refractivity contribution is 4.93. The zero-order valence-electron chi connectivity index (χ0n) is 9.80. The Morgan fingerprint density at radius 2 is 2.12 bits per heavy atom. The number of nitrogens with one attached hydrogen (secondary N) is 1. The van der Waals surface area contributed by atoms with Gasteiger partial charge in [-0.25, -0.2) is 0 Å². The smallest absolute Gasteiger partial charge is 0.372 e. The number of likely N-dealkylation sites (tertiary alicyclic amines) is 1. The van der Waals surface area contributed by atoms with E-state index in [-0.39, 0.29) is 6.61 Å². The molecule has 2 rings (SSSR count). The number of alkyl halides is 3. The average molecular weight is 252 g/mol. The summed E-state index contributed by atoms with van der Waals surface area (Å²) in [5.74, 6) is 0.742. The first-order chi connectivity index (χ1) is 8.04. The van der Waals surface area contributed by atoms with Crippen LogP contribution in [0.3, 0.4) is 0 Å². The van der Waals surface area contributed by atoms with Crippen molar-refractivity contribution >= 4 is 0 Å². The zero-order chi connectivity index (χ0) is 12.3. The van der Waals surface area contributed by atoms with Crippen LogP contribution in [0, 0.1) is 5.92 Å². The summed E-state index contributed by atoms with van der Waals surface area (Å²) in [4.78, 5) is 2.32. The molecule has 0 aromatic carbocycles. The third kappa shape index (κ3) is 4.12. The Morgan fingerprint density at radius 1 is 1.29 bits per heavy atom. The van der Waals surface area contributed by atoms with Crippen molar-refractivity contribution in [1.29, 1.82) is 0 Å². The van der Waals surface area contributed by atoms with E-state index in [1.54, 1.807) is 0 Å². The average Bonchev–Trinajstić information content (AvgIpc) is 2.75. The van der Waals surface area contributed by atoms with Crippen LogP contribution in [0.15, 0.2) is 0 Å². The van der Waals surface area contributed by atoms with Crippen LogP contribution in [0.1, 0.15) is 12.8 Å². The lowest BCUT2D eigenvalue weighted by atomic mass is 10.1. The number of fused-ring (bicyclic) bond motifs is 1. The predicted molar refractivity (Wildman–Crippen MR) is 57.8 cm³/mol. The van der Waals surface area contributed by atoms with E-state index >= 15 is 0 Å². The summed E-state index contributed by atoms with van der Waals surface area (Å²) in [6.07, 6.45) is -2.30. The lowest BCUT2D eigenvalue weighted by molar-refractivity contribution is -0.174. The molecule has 2 aliphatic rings. The van der Waals surface area contributed by atoms with E-state index in [1.165, 1.54) is 6.42 Å². The van der Waals surface area contributed by atoms with Gasteiger partial charge in [-0.15, -0.1) is 0 Å². The van der Waals surface area contributed by atoms with Crippen molar-refractivity contribution in [2.45, 2.75) is 25.1 Å². The van der Waals surface area contributed by atoms with Gasteiger partial charge in [0.05, 0.1) is 0 Å². The van der Waals surface area contributed by atoms with Gasteiger partial charge in [0, 0.05) is 32.3 Å². The number of ether oxygens (including phenoxy) is 1. The van der Waals surface area contributed by atoms with Gasteiger partial charge in [0.25, 0.3) is 0 Å². The second kappa shape index (κ2) is 5.54. The van der Waals surface area contributed by atoms with Crippen LogP contribution >= 0.6 is 0 Å². The first kappa shape index (κ1) is 13.1. The van der Waals surface area contributed by atoms with Gasteiger partial charge in [-0.3, -0.25) is 0 Å². The Hall–Kier alpha value is -0.330. The highest BCUT2D eigenvalue weighted by Gasteiger charge is 2.35. The molecule has 0 bridgehead atoms. The maximum atomic E-state index is 11.8. The van der Waals surface area contributed by atoms with Crippen LogP contribution < -0.4 is 5.32 Å². The van der Waals surface area contributed by atoms with E-state index in [4.69, 9.17) is 0 Å². The normalized spacial score (nSPS) is 29.8. The molecule has 1 N–H and O–H groups in total. The SMILES string of the molecule is FC(F)(F)COCCCN1C[C@@H]2CCN[C@@H]2C1. The van der Waals surface area contributed by atoms with Crippen molar-refractivity contribution in [3.8, 4) is 0 Å². The van der Waals surface area contributed by atoms with Crippen LogP contribution in [0.2, 0.25) is 0 Å². The minimum Gasteiger partial charge on any atom is -0.372 e. The van der Waals surface area contributed by atoms with Crippen molar-refractivity contribution in [3.63, 3.8) is 0 Å². The number of rotatable bonds is 5. The molecular formula is C11H19F3N2O. The molecule has 0 amide bonds. The van der Waals surface area contributed by atoms with Crippen LogP contribution in [0.5, 0.6) is 0 Å². The molecule has 6 heteroatoms. The molecule has 17 heavy (non-hydrogen) atoms. The Labute approximate surface area is 99.3 Å². The molecule has 2 aliphatic heterocycles. The molecule has 0 unspecified atom stereocenters. The molecule has 2 fully saturated rings. The minimum absolute atomic E-state index is 0.193. The molecule has 2 atom stereocenters. The Morgan fingerprint density at radius 3 is 2.82 bits per heavy atom. The zero-order valence-corrected chi connectivity index (χ0v) is 9.80. The van der Waals surface area contributed by atoms with E-state index in [0.29, 0.717) is 12.5 Å². The highest BCUT2D eigenvalue weighted by Crippen LogP contribution is 2.24. The first-order valence-corrected chi connectivity index (χ1v) is 6.15. The molecule has 3 nitrogen and oxygen atoms in total. The molecule has 0 saturated carbocycles. The molecule has 2 saturated heterocycles. The largest absolute Gasteiger partial charge is 0.411 e. The van der Waals surface area contributed by atoms with Crippen molar-refractivity contribution in [1.82, 2.24) is 10.2 Å². The predicted octanol–water partition coefficient (Wildman–Crippen LogP) is 1.25. The van der Waals surface area contributed by atoms with Gasteiger partial charge < -0.3 is 15.0 Å². The van der Waals surface area contributed by atoms with Gasteiger partial charge in [-0.05, 0) is 25.3 Å². The van der Waals surface area contributed by atoms with E-state index in [0.717, 1.165) is 32.1 Å². The summed E-state index contributed by atoms with van der Waals surface area (Å²) in [5, 5.41) is 3.45. The summed E-state index contributed by atoms with van der Waals surface area (Å²) in [6.45, 7) is 3.13. The highest BCUT2D eigenvalue weighted by atomic mass is 19.4. The fourth-order valence-electron chi connectivity index (χ4n) is 2.70. The summed E-state index contributed by atoms with van der Waals surface area (Å²) >= 11 is 0. The number of nitrogens with zero attached hydrogens (tertiary/aromatic N) is 1. The molecule has 0 aromatic heterocycles. The Bertz CT molecular complexity index is 235. The maximum Gasteiger partial charge on any atom is 0.411 e. The topological polar surface area (TPSA) is 24.5 Å². The van der Waals surface area contributed by atoms with Gasteiger partial charge in [-0.1, -0.05) is 0 Å². The number of halogens is 3. The van der Waals surface area contributed by atoms with Gasteiger partial charge in [0.15, 0.2) is 0 Å². The van der Waals surface area contributed by atoms with Crippen LogP contribution in [0.25, 0.3) is 0 Å².